The van der Waals surface area contributed by atoms with Crippen LogP contribution >= 0.6 is 0 Å². The quantitative estimate of drug-likeness (QED) is 0.0712. The lowest BCUT2D eigenvalue weighted by Crippen LogP contribution is -2.43. The van der Waals surface area contributed by atoms with Crippen molar-refractivity contribution in [1.82, 2.24) is 4.90 Å². The molecule has 0 aromatic heterocycles. The summed E-state index contributed by atoms with van der Waals surface area (Å²) in [5.74, 6) is -0.660. The van der Waals surface area contributed by atoms with Crippen LogP contribution in [-0.4, -0.2) is 35.1 Å². The number of unbranched alkanes of at least 4 members (excludes halogenated alkanes) is 30. The molecule has 0 radical (unpaired) electrons. The third-order valence-electron chi connectivity index (χ3n) is 10.6. The lowest BCUT2D eigenvalue weighted by molar-refractivity contribution is -0.143. The Hall–Kier alpha value is -1.35. The van der Waals surface area contributed by atoms with Crippen LogP contribution in [0.25, 0.3) is 0 Å². The van der Waals surface area contributed by atoms with Crippen molar-refractivity contribution in [1.29, 1.82) is 0 Å². The smallest absolute Gasteiger partial charge is 0.321 e. The van der Waals surface area contributed by atoms with Crippen LogP contribution in [0.1, 0.15) is 225 Å². The molecular formula is C45H83NO2. The van der Waals surface area contributed by atoms with Gasteiger partial charge in [-0.1, -0.05) is 237 Å². The third kappa shape index (κ3) is 28.5. The second kappa shape index (κ2) is 35.5. The van der Waals surface area contributed by atoms with E-state index in [-0.39, 0.29) is 0 Å². The van der Waals surface area contributed by atoms with Crippen molar-refractivity contribution in [2.75, 3.05) is 13.1 Å². The number of carboxylic acids is 1. The first-order valence-electron chi connectivity index (χ1n) is 21.7. The van der Waals surface area contributed by atoms with Crippen LogP contribution in [0.3, 0.4) is 0 Å². The summed E-state index contributed by atoms with van der Waals surface area (Å²) in [5.41, 5.74) is 1.13. The molecule has 0 fully saturated rings. The molecule has 0 aliphatic rings. The van der Waals surface area contributed by atoms with E-state index >= 15 is 0 Å². The van der Waals surface area contributed by atoms with Crippen LogP contribution in [0, 0.1) is 0 Å². The minimum Gasteiger partial charge on any atom is -0.480 e. The van der Waals surface area contributed by atoms with E-state index in [0.717, 1.165) is 31.5 Å². The molecule has 0 saturated heterocycles. The first kappa shape index (κ1) is 44.7. The number of hydrogen-bond donors (Lipinski definition) is 1. The lowest BCUT2D eigenvalue weighted by Gasteiger charge is -2.29. The molecule has 0 heterocycles. The highest BCUT2D eigenvalue weighted by molar-refractivity contribution is 5.74. The van der Waals surface area contributed by atoms with Gasteiger partial charge in [-0.05, 0) is 37.9 Å². The molecule has 1 rings (SSSR count). The van der Waals surface area contributed by atoms with E-state index in [9.17, 15) is 9.90 Å². The van der Waals surface area contributed by atoms with Gasteiger partial charge in [0.05, 0.1) is 0 Å². The van der Waals surface area contributed by atoms with E-state index in [1.165, 1.54) is 193 Å². The van der Waals surface area contributed by atoms with Crippen molar-refractivity contribution in [2.24, 2.45) is 0 Å². The first-order chi connectivity index (χ1) is 23.7. The maximum absolute atomic E-state index is 12.4. The van der Waals surface area contributed by atoms with Crippen LogP contribution in [0.15, 0.2) is 30.3 Å². The van der Waals surface area contributed by atoms with Gasteiger partial charge in [-0.3, -0.25) is 9.69 Å². The summed E-state index contributed by atoms with van der Waals surface area (Å²) in [6.45, 7) is 6.42. The molecule has 1 aromatic carbocycles. The van der Waals surface area contributed by atoms with E-state index in [1.54, 1.807) is 0 Å². The van der Waals surface area contributed by atoms with Crippen molar-refractivity contribution in [3.05, 3.63) is 35.9 Å². The number of hydrogen-bond acceptors (Lipinski definition) is 2. The Morgan fingerprint density at radius 3 is 1.00 bits per heavy atom. The predicted molar refractivity (Wildman–Crippen MR) is 212 cm³/mol. The summed E-state index contributed by atoms with van der Waals surface area (Å²) in [7, 11) is 0. The summed E-state index contributed by atoms with van der Waals surface area (Å²) < 4.78 is 0. The van der Waals surface area contributed by atoms with Gasteiger partial charge in [0.15, 0.2) is 0 Å². The Labute approximate surface area is 300 Å². The number of rotatable bonds is 38. The van der Waals surface area contributed by atoms with E-state index in [2.05, 4.69) is 30.9 Å². The zero-order valence-corrected chi connectivity index (χ0v) is 32.5. The Morgan fingerprint density at radius 1 is 0.458 bits per heavy atom. The number of nitrogens with zero attached hydrogens (tertiary/aromatic N) is 1. The largest absolute Gasteiger partial charge is 0.480 e. The number of benzene rings is 1. The minimum absolute atomic E-state index is 0.417. The van der Waals surface area contributed by atoms with Crippen LogP contribution in [0.5, 0.6) is 0 Å². The normalized spacial score (nSPS) is 12.2. The van der Waals surface area contributed by atoms with Crippen LogP contribution in [0.4, 0.5) is 0 Å². The van der Waals surface area contributed by atoms with Gasteiger partial charge in [0.2, 0.25) is 0 Å². The molecule has 3 heteroatoms. The lowest BCUT2D eigenvalue weighted by atomic mass is 10.0. The third-order valence-corrected chi connectivity index (χ3v) is 10.6. The summed E-state index contributed by atoms with van der Waals surface area (Å²) >= 11 is 0. The number of aliphatic carboxylic acids is 1. The molecule has 3 nitrogen and oxygen atoms in total. The molecule has 1 unspecified atom stereocenters. The molecule has 0 saturated carbocycles. The standard InChI is InChI=1S/C45H83NO2/c1-3-5-7-9-11-13-15-17-19-21-23-25-27-29-31-36-40-46(44(45(47)48)42-43-38-34-33-35-39-43)41-37-32-30-28-26-24-22-20-18-16-14-12-10-8-6-4-2/h33-35,38-39,44H,3-32,36-37,40-42H2,1-2H3,(H,47,48). The van der Waals surface area contributed by atoms with E-state index < -0.39 is 12.0 Å². The monoisotopic (exact) mass is 670 g/mol. The molecule has 0 spiro atoms. The fourth-order valence-corrected chi connectivity index (χ4v) is 7.36. The Balaban J connectivity index is 2.20. The summed E-state index contributed by atoms with van der Waals surface area (Å²) in [4.78, 5) is 14.8. The number of carboxylic acid groups (broad SMARTS) is 1. The average molecular weight is 670 g/mol. The van der Waals surface area contributed by atoms with E-state index in [1.807, 2.05) is 18.2 Å². The average Bonchev–Trinajstić information content (AvgIpc) is 3.09. The molecule has 0 amide bonds. The highest BCUT2D eigenvalue weighted by Crippen LogP contribution is 2.18. The van der Waals surface area contributed by atoms with Gasteiger partial charge in [-0.15, -0.1) is 0 Å². The maximum Gasteiger partial charge on any atom is 0.321 e. The highest BCUT2D eigenvalue weighted by atomic mass is 16.4. The van der Waals surface area contributed by atoms with Crippen molar-refractivity contribution in [2.45, 2.75) is 232 Å². The molecule has 1 N–H and O–H groups in total. The van der Waals surface area contributed by atoms with Gasteiger partial charge < -0.3 is 5.11 Å². The van der Waals surface area contributed by atoms with Gasteiger partial charge >= 0.3 is 5.97 Å². The molecule has 0 bridgehead atoms. The predicted octanol–water partition coefficient (Wildman–Crippen LogP) is 14.5. The topological polar surface area (TPSA) is 40.5 Å². The fraction of sp³-hybridized carbons (Fsp3) is 0.844. The molecular weight excluding hydrogens is 587 g/mol. The van der Waals surface area contributed by atoms with E-state index in [0.29, 0.717) is 6.42 Å². The Kier molecular flexibility index (Phi) is 33.0. The van der Waals surface area contributed by atoms with Gasteiger partial charge in [-0.25, -0.2) is 0 Å². The second-order valence-corrected chi connectivity index (χ2v) is 15.2. The molecule has 0 aliphatic carbocycles. The number of carbonyl (C=O) groups is 1. The van der Waals surface area contributed by atoms with Gasteiger partial charge in [0.25, 0.3) is 0 Å². The molecule has 48 heavy (non-hydrogen) atoms. The van der Waals surface area contributed by atoms with Crippen LogP contribution < -0.4 is 0 Å². The van der Waals surface area contributed by atoms with Crippen molar-refractivity contribution < 1.29 is 9.90 Å². The molecule has 1 aromatic rings. The molecule has 280 valence electrons. The first-order valence-corrected chi connectivity index (χ1v) is 21.7. The molecule has 1 atom stereocenters. The molecule has 0 aliphatic heterocycles. The second-order valence-electron chi connectivity index (χ2n) is 15.2. The Morgan fingerprint density at radius 2 is 0.729 bits per heavy atom. The van der Waals surface area contributed by atoms with Crippen molar-refractivity contribution in [3.8, 4) is 0 Å². The van der Waals surface area contributed by atoms with Gasteiger partial charge in [-0.2, -0.15) is 0 Å². The Bertz CT molecular complexity index is 744. The summed E-state index contributed by atoms with van der Waals surface area (Å²) in [6, 6.07) is 9.83. The zero-order chi connectivity index (χ0) is 34.6. The fourth-order valence-electron chi connectivity index (χ4n) is 7.36. The minimum atomic E-state index is -0.660. The zero-order valence-electron chi connectivity index (χ0n) is 32.5. The van der Waals surface area contributed by atoms with Crippen molar-refractivity contribution >= 4 is 5.97 Å². The van der Waals surface area contributed by atoms with E-state index in [4.69, 9.17) is 0 Å². The summed E-state index contributed by atoms with van der Waals surface area (Å²) in [5, 5.41) is 10.2. The van der Waals surface area contributed by atoms with Crippen LogP contribution in [-0.2, 0) is 11.2 Å². The van der Waals surface area contributed by atoms with Gasteiger partial charge in [0, 0.05) is 0 Å². The summed E-state index contributed by atoms with van der Waals surface area (Å²) in [6.07, 6.45) is 44.5. The van der Waals surface area contributed by atoms with Crippen LogP contribution in [0.2, 0.25) is 0 Å². The SMILES string of the molecule is CCCCCCCCCCCCCCCCCCN(CCCCCCCCCCCCCCCCCC)C(Cc1ccccc1)C(=O)O. The van der Waals surface area contributed by atoms with Crippen molar-refractivity contribution in [3.63, 3.8) is 0 Å². The maximum atomic E-state index is 12.4. The highest BCUT2D eigenvalue weighted by Gasteiger charge is 2.25. The van der Waals surface area contributed by atoms with Gasteiger partial charge in [0.1, 0.15) is 6.04 Å².